The van der Waals surface area contributed by atoms with E-state index in [1.807, 2.05) is 41.5 Å². The van der Waals surface area contributed by atoms with Crippen molar-refractivity contribution in [3.8, 4) is 0 Å². The summed E-state index contributed by atoms with van der Waals surface area (Å²) in [6.07, 6.45) is -0.598. The van der Waals surface area contributed by atoms with Crippen LogP contribution in [-0.2, 0) is 9.47 Å². The van der Waals surface area contributed by atoms with E-state index in [0.717, 1.165) is 0 Å². The summed E-state index contributed by atoms with van der Waals surface area (Å²) in [7, 11) is 1.72. The number of likely N-dealkylation sites (N-methyl/N-ethyl adjacent to an activating group) is 1. The van der Waals surface area contributed by atoms with E-state index in [1.165, 1.54) is 0 Å². The number of nitrogens with one attached hydrogen (secondary N) is 1. The lowest BCUT2D eigenvalue weighted by molar-refractivity contribution is 0.0285. The summed E-state index contributed by atoms with van der Waals surface area (Å²) < 4.78 is 10.8. The molecule has 2 unspecified atom stereocenters. The number of carbonyl (C=O) groups is 2. The highest BCUT2D eigenvalue weighted by molar-refractivity contribution is 5.68. The Morgan fingerprint density at radius 2 is 1.64 bits per heavy atom. The highest BCUT2D eigenvalue weighted by atomic mass is 16.6. The number of amides is 2. The molecule has 7 nitrogen and oxygen atoms in total. The Kier molecular flexibility index (Phi) is 7.11. The van der Waals surface area contributed by atoms with Crippen molar-refractivity contribution in [2.45, 2.75) is 65.7 Å². The fraction of sp³-hybridized carbons (Fsp3) is 0.889. The summed E-state index contributed by atoms with van der Waals surface area (Å²) in [5.41, 5.74) is -0.978. The Labute approximate surface area is 152 Å². The SMILES string of the molecule is CC1CN(C(=O)OC(C)(C)C)CC1NCCN(C)C(=O)OC(C)(C)C. The van der Waals surface area contributed by atoms with Gasteiger partial charge in [0.1, 0.15) is 11.2 Å². The summed E-state index contributed by atoms with van der Waals surface area (Å²) in [5, 5.41) is 3.43. The number of carbonyl (C=O) groups excluding carboxylic acids is 2. The second kappa shape index (κ2) is 8.25. The monoisotopic (exact) mass is 357 g/mol. The van der Waals surface area contributed by atoms with Crippen LogP contribution in [0.15, 0.2) is 0 Å². The van der Waals surface area contributed by atoms with E-state index in [2.05, 4.69) is 12.2 Å². The van der Waals surface area contributed by atoms with Crippen molar-refractivity contribution >= 4 is 12.2 Å². The molecule has 1 fully saturated rings. The molecule has 0 saturated carbocycles. The van der Waals surface area contributed by atoms with Gasteiger partial charge < -0.3 is 24.6 Å². The van der Waals surface area contributed by atoms with Gasteiger partial charge in [-0.05, 0) is 47.5 Å². The molecule has 0 aromatic carbocycles. The third-order valence-electron chi connectivity index (χ3n) is 3.82. The Balaban J connectivity index is 2.38. The van der Waals surface area contributed by atoms with Gasteiger partial charge >= 0.3 is 12.2 Å². The normalized spacial score (nSPS) is 21.2. The molecule has 0 bridgehead atoms. The van der Waals surface area contributed by atoms with Gasteiger partial charge in [0.05, 0.1) is 0 Å². The summed E-state index contributed by atoms with van der Waals surface area (Å²) in [4.78, 5) is 27.4. The lowest BCUT2D eigenvalue weighted by Crippen LogP contribution is -2.43. The summed E-state index contributed by atoms with van der Waals surface area (Å²) >= 11 is 0. The van der Waals surface area contributed by atoms with Crippen LogP contribution >= 0.6 is 0 Å². The van der Waals surface area contributed by atoms with E-state index < -0.39 is 11.2 Å². The Bertz CT molecular complexity index is 468. The molecule has 0 aromatic heterocycles. The van der Waals surface area contributed by atoms with Crippen LogP contribution in [0.4, 0.5) is 9.59 Å². The van der Waals surface area contributed by atoms with Crippen LogP contribution in [0.3, 0.4) is 0 Å². The van der Waals surface area contributed by atoms with Crippen LogP contribution in [0.1, 0.15) is 48.5 Å². The quantitative estimate of drug-likeness (QED) is 0.838. The standard InChI is InChI=1S/C18H35N3O4/c1-13-11-21(16(23)25-18(5,6)7)12-14(13)19-9-10-20(8)15(22)24-17(2,3)4/h13-14,19H,9-12H2,1-8H3. The average Bonchev–Trinajstić information content (AvgIpc) is 2.76. The molecule has 1 aliphatic rings. The number of ether oxygens (including phenoxy) is 2. The van der Waals surface area contributed by atoms with E-state index in [1.54, 1.807) is 16.8 Å². The smallest absolute Gasteiger partial charge is 0.410 e. The third-order valence-corrected chi connectivity index (χ3v) is 3.82. The minimum Gasteiger partial charge on any atom is -0.444 e. The van der Waals surface area contributed by atoms with Crippen LogP contribution in [0, 0.1) is 5.92 Å². The molecule has 1 saturated heterocycles. The maximum Gasteiger partial charge on any atom is 0.410 e. The van der Waals surface area contributed by atoms with Gasteiger partial charge in [0.2, 0.25) is 0 Å². The van der Waals surface area contributed by atoms with Crippen molar-refractivity contribution in [2.24, 2.45) is 5.92 Å². The van der Waals surface area contributed by atoms with Gasteiger partial charge in [-0.15, -0.1) is 0 Å². The molecule has 1 heterocycles. The molecule has 1 N–H and O–H groups in total. The largest absolute Gasteiger partial charge is 0.444 e. The van der Waals surface area contributed by atoms with Gasteiger partial charge in [-0.3, -0.25) is 0 Å². The topological polar surface area (TPSA) is 71.1 Å². The molecule has 0 spiro atoms. The zero-order valence-electron chi connectivity index (χ0n) is 17.0. The molecular weight excluding hydrogens is 322 g/mol. The van der Waals surface area contributed by atoms with Crippen LogP contribution in [0.25, 0.3) is 0 Å². The average molecular weight is 357 g/mol. The van der Waals surface area contributed by atoms with Gasteiger partial charge in [0.15, 0.2) is 0 Å². The molecular formula is C18H35N3O4. The predicted octanol–water partition coefficient (Wildman–Crippen LogP) is 2.70. The highest BCUT2D eigenvalue weighted by Gasteiger charge is 2.34. The van der Waals surface area contributed by atoms with Gasteiger partial charge in [-0.1, -0.05) is 6.92 Å². The number of hydrogen-bond donors (Lipinski definition) is 1. The van der Waals surface area contributed by atoms with E-state index in [-0.39, 0.29) is 18.2 Å². The van der Waals surface area contributed by atoms with E-state index >= 15 is 0 Å². The maximum atomic E-state index is 12.2. The Morgan fingerprint density at radius 3 is 2.16 bits per heavy atom. The van der Waals surface area contributed by atoms with Gasteiger partial charge in [-0.2, -0.15) is 0 Å². The minimum atomic E-state index is -0.493. The fourth-order valence-corrected chi connectivity index (χ4v) is 2.56. The van der Waals surface area contributed by atoms with Crippen molar-refractivity contribution in [1.82, 2.24) is 15.1 Å². The fourth-order valence-electron chi connectivity index (χ4n) is 2.56. The van der Waals surface area contributed by atoms with Crippen molar-refractivity contribution in [1.29, 1.82) is 0 Å². The molecule has 1 rings (SSSR count). The van der Waals surface area contributed by atoms with E-state index in [0.29, 0.717) is 32.1 Å². The van der Waals surface area contributed by atoms with Gasteiger partial charge in [0, 0.05) is 39.3 Å². The van der Waals surface area contributed by atoms with E-state index in [9.17, 15) is 9.59 Å². The summed E-state index contributed by atoms with van der Waals surface area (Å²) in [6.45, 7) is 15.7. The first kappa shape index (κ1) is 21.5. The van der Waals surface area contributed by atoms with Crippen molar-refractivity contribution in [2.75, 3.05) is 33.2 Å². The van der Waals surface area contributed by atoms with Crippen LogP contribution in [-0.4, -0.2) is 72.5 Å². The number of nitrogens with zero attached hydrogens (tertiary/aromatic N) is 2. The molecule has 2 atom stereocenters. The third kappa shape index (κ3) is 7.94. The van der Waals surface area contributed by atoms with Crippen LogP contribution < -0.4 is 5.32 Å². The minimum absolute atomic E-state index is 0.194. The van der Waals surface area contributed by atoms with Crippen LogP contribution in [0.5, 0.6) is 0 Å². The summed E-state index contributed by atoms with van der Waals surface area (Å²) in [5.74, 6) is 0.333. The molecule has 146 valence electrons. The Morgan fingerprint density at radius 1 is 1.08 bits per heavy atom. The van der Waals surface area contributed by atoms with Gasteiger partial charge in [-0.25, -0.2) is 9.59 Å². The molecule has 0 radical (unpaired) electrons. The summed E-state index contributed by atoms with van der Waals surface area (Å²) in [6, 6.07) is 0.194. The molecule has 1 aliphatic heterocycles. The molecule has 0 aliphatic carbocycles. The second-order valence-corrected chi connectivity index (χ2v) is 8.83. The van der Waals surface area contributed by atoms with Gasteiger partial charge in [0.25, 0.3) is 0 Å². The van der Waals surface area contributed by atoms with Crippen molar-refractivity contribution in [3.05, 3.63) is 0 Å². The first-order chi connectivity index (χ1) is 11.3. The zero-order valence-corrected chi connectivity index (χ0v) is 17.0. The highest BCUT2D eigenvalue weighted by Crippen LogP contribution is 2.19. The number of rotatable bonds is 4. The first-order valence-corrected chi connectivity index (χ1v) is 8.94. The molecule has 2 amide bonds. The van der Waals surface area contributed by atoms with Crippen molar-refractivity contribution in [3.63, 3.8) is 0 Å². The zero-order chi connectivity index (χ0) is 19.4. The lowest BCUT2D eigenvalue weighted by Gasteiger charge is -2.25. The van der Waals surface area contributed by atoms with Crippen LogP contribution in [0.2, 0.25) is 0 Å². The number of hydrogen-bond acceptors (Lipinski definition) is 5. The molecule has 0 aromatic rings. The predicted molar refractivity (Wildman–Crippen MR) is 97.6 cm³/mol. The Hall–Kier alpha value is -1.50. The lowest BCUT2D eigenvalue weighted by atomic mass is 10.1. The van der Waals surface area contributed by atoms with E-state index in [4.69, 9.17) is 9.47 Å². The molecule has 25 heavy (non-hydrogen) atoms. The van der Waals surface area contributed by atoms with Crippen molar-refractivity contribution < 1.29 is 19.1 Å². The second-order valence-electron chi connectivity index (χ2n) is 8.83. The maximum absolute atomic E-state index is 12.2. The number of likely N-dealkylation sites (tertiary alicyclic amines) is 1. The first-order valence-electron chi connectivity index (χ1n) is 8.94. The molecule has 7 heteroatoms.